The smallest absolute Gasteiger partial charge is 0.307 e. The van der Waals surface area contributed by atoms with Gasteiger partial charge in [0.1, 0.15) is 12.4 Å². The summed E-state index contributed by atoms with van der Waals surface area (Å²) in [6, 6.07) is 7.90. The van der Waals surface area contributed by atoms with E-state index in [0.717, 1.165) is 40.4 Å². The van der Waals surface area contributed by atoms with Crippen LogP contribution in [0.25, 0.3) is 11.0 Å². The minimum Gasteiger partial charge on any atom is -0.347 e. The normalized spacial score (nSPS) is 11.0. The first kappa shape index (κ1) is 15.5. The highest BCUT2D eigenvalue weighted by atomic mass is 32.1. The van der Waals surface area contributed by atoms with E-state index in [9.17, 15) is 9.59 Å². The molecule has 1 aromatic carbocycles. The molecule has 0 aliphatic rings. The van der Waals surface area contributed by atoms with E-state index < -0.39 is 0 Å². The number of aromatic nitrogens is 3. The first-order valence-corrected chi connectivity index (χ1v) is 8.34. The zero-order valence-electron chi connectivity index (χ0n) is 13.1. The van der Waals surface area contributed by atoms with Gasteiger partial charge < -0.3 is 9.88 Å². The van der Waals surface area contributed by atoms with E-state index in [4.69, 9.17) is 0 Å². The van der Waals surface area contributed by atoms with Crippen molar-refractivity contribution in [2.75, 3.05) is 0 Å². The van der Waals surface area contributed by atoms with Crippen LogP contribution in [0.15, 0.2) is 34.4 Å². The van der Waals surface area contributed by atoms with Gasteiger partial charge in [0.15, 0.2) is 0 Å². The fraction of sp³-hybridized carbons (Fsp3) is 0.312. The van der Waals surface area contributed by atoms with E-state index in [1.165, 1.54) is 4.57 Å². The Morgan fingerprint density at radius 3 is 2.78 bits per heavy atom. The molecule has 3 rings (SSSR count). The van der Waals surface area contributed by atoms with Gasteiger partial charge in [-0.05, 0) is 26.0 Å². The van der Waals surface area contributed by atoms with Gasteiger partial charge in [0.05, 0.1) is 17.6 Å². The number of carbonyl (C=O) groups excluding carboxylic acids is 1. The molecule has 6 nitrogen and oxygen atoms in total. The summed E-state index contributed by atoms with van der Waals surface area (Å²) in [5.74, 6) is 0.625. The van der Waals surface area contributed by atoms with Crippen LogP contribution in [0.1, 0.15) is 18.4 Å². The molecular formula is C16H18N4O2S. The van der Waals surface area contributed by atoms with Crippen LogP contribution in [-0.2, 0) is 24.4 Å². The molecule has 0 atom stereocenters. The summed E-state index contributed by atoms with van der Waals surface area (Å²) in [4.78, 5) is 28.2. The van der Waals surface area contributed by atoms with Crippen LogP contribution >= 0.6 is 11.3 Å². The number of nitrogens with zero attached hydrogens (tertiary/aromatic N) is 3. The van der Waals surface area contributed by atoms with Crippen LogP contribution in [0.3, 0.4) is 0 Å². The van der Waals surface area contributed by atoms with Crippen molar-refractivity contribution in [3.05, 3.63) is 50.8 Å². The fourth-order valence-corrected chi connectivity index (χ4v) is 3.32. The Morgan fingerprint density at radius 2 is 2.09 bits per heavy atom. The van der Waals surface area contributed by atoms with Gasteiger partial charge >= 0.3 is 4.87 Å². The van der Waals surface area contributed by atoms with Crippen molar-refractivity contribution in [3.8, 4) is 0 Å². The minimum atomic E-state index is -0.191. The number of imidazole rings is 1. The number of amides is 1. The third-order valence-corrected chi connectivity index (χ3v) is 4.65. The van der Waals surface area contributed by atoms with E-state index in [1.807, 2.05) is 38.1 Å². The van der Waals surface area contributed by atoms with Gasteiger partial charge in [-0.2, -0.15) is 0 Å². The van der Waals surface area contributed by atoms with E-state index in [1.54, 1.807) is 5.38 Å². The SMILES string of the molecule is CCn1c(CNC(=O)Cn2c(C)csc2=O)nc2ccccc21. The highest BCUT2D eigenvalue weighted by molar-refractivity contribution is 7.07. The number of nitrogens with one attached hydrogen (secondary N) is 1. The lowest BCUT2D eigenvalue weighted by molar-refractivity contribution is -0.121. The lowest BCUT2D eigenvalue weighted by Gasteiger charge is -2.08. The molecule has 1 N–H and O–H groups in total. The van der Waals surface area contributed by atoms with Crippen molar-refractivity contribution in [2.24, 2.45) is 0 Å². The first-order valence-electron chi connectivity index (χ1n) is 7.46. The number of hydrogen-bond acceptors (Lipinski definition) is 4. The molecule has 23 heavy (non-hydrogen) atoms. The quantitative estimate of drug-likeness (QED) is 0.777. The maximum atomic E-state index is 12.1. The van der Waals surface area contributed by atoms with Crippen molar-refractivity contribution in [2.45, 2.75) is 33.5 Å². The summed E-state index contributed by atoms with van der Waals surface area (Å²) in [7, 11) is 0. The molecule has 3 aromatic rings. The molecule has 2 heterocycles. The number of aryl methyl sites for hydroxylation is 2. The number of carbonyl (C=O) groups is 1. The number of rotatable bonds is 5. The summed E-state index contributed by atoms with van der Waals surface area (Å²) in [6.07, 6.45) is 0. The Balaban J connectivity index is 1.73. The van der Waals surface area contributed by atoms with Gasteiger partial charge in [0, 0.05) is 17.6 Å². The molecule has 0 aliphatic heterocycles. The Hall–Kier alpha value is -2.41. The lowest BCUT2D eigenvalue weighted by atomic mass is 10.3. The number of benzene rings is 1. The summed E-state index contributed by atoms with van der Waals surface area (Å²) in [5.41, 5.74) is 2.78. The van der Waals surface area contributed by atoms with Gasteiger partial charge in [-0.1, -0.05) is 23.5 Å². The first-order chi connectivity index (χ1) is 11.1. The van der Waals surface area contributed by atoms with Crippen molar-refractivity contribution in [3.63, 3.8) is 0 Å². The van der Waals surface area contributed by atoms with Gasteiger partial charge in [-0.25, -0.2) is 4.98 Å². The largest absolute Gasteiger partial charge is 0.347 e. The van der Waals surface area contributed by atoms with E-state index in [0.29, 0.717) is 6.54 Å². The second-order valence-electron chi connectivity index (χ2n) is 5.27. The summed E-state index contributed by atoms with van der Waals surface area (Å²) < 4.78 is 3.56. The molecule has 7 heteroatoms. The average Bonchev–Trinajstić information content (AvgIpc) is 3.07. The Morgan fingerprint density at radius 1 is 1.30 bits per heavy atom. The zero-order valence-corrected chi connectivity index (χ0v) is 13.9. The number of fused-ring (bicyclic) bond motifs is 1. The van der Waals surface area contributed by atoms with Crippen molar-refractivity contribution >= 4 is 28.3 Å². The summed E-state index contributed by atoms with van der Waals surface area (Å²) in [6.45, 7) is 5.05. The maximum Gasteiger partial charge on any atom is 0.307 e. The molecule has 0 bridgehead atoms. The van der Waals surface area contributed by atoms with E-state index >= 15 is 0 Å². The van der Waals surface area contributed by atoms with Crippen LogP contribution in [0.5, 0.6) is 0 Å². The zero-order chi connectivity index (χ0) is 16.4. The highest BCUT2D eigenvalue weighted by Gasteiger charge is 2.12. The molecular weight excluding hydrogens is 312 g/mol. The molecule has 0 saturated carbocycles. The van der Waals surface area contributed by atoms with Gasteiger partial charge in [-0.15, -0.1) is 0 Å². The van der Waals surface area contributed by atoms with Crippen LogP contribution < -0.4 is 10.2 Å². The highest BCUT2D eigenvalue weighted by Crippen LogP contribution is 2.15. The predicted molar refractivity (Wildman–Crippen MR) is 90.6 cm³/mol. The summed E-state index contributed by atoms with van der Waals surface area (Å²) in [5, 5.41) is 4.61. The van der Waals surface area contributed by atoms with E-state index in [-0.39, 0.29) is 17.3 Å². The lowest BCUT2D eigenvalue weighted by Crippen LogP contribution is -2.31. The standard InChI is InChI=1S/C16H18N4O2S/c1-3-19-13-7-5-4-6-12(13)18-14(19)8-17-15(21)9-20-11(2)10-23-16(20)22/h4-7,10H,3,8-9H2,1-2H3,(H,17,21). The molecule has 2 aromatic heterocycles. The third-order valence-electron chi connectivity index (χ3n) is 3.77. The molecule has 0 spiro atoms. The predicted octanol–water partition coefficient (Wildman–Crippen LogP) is 1.90. The molecule has 0 fully saturated rings. The van der Waals surface area contributed by atoms with Gasteiger partial charge in [0.25, 0.3) is 0 Å². The second kappa shape index (κ2) is 6.37. The number of thiazole rings is 1. The van der Waals surface area contributed by atoms with E-state index in [2.05, 4.69) is 14.9 Å². The van der Waals surface area contributed by atoms with Crippen LogP contribution in [-0.4, -0.2) is 20.0 Å². The number of hydrogen-bond donors (Lipinski definition) is 1. The minimum absolute atomic E-state index is 0.0422. The average molecular weight is 330 g/mol. The Labute approximate surface area is 137 Å². The molecule has 0 saturated heterocycles. The van der Waals surface area contributed by atoms with Crippen LogP contribution in [0, 0.1) is 6.92 Å². The van der Waals surface area contributed by atoms with Gasteiger partial charge in [0.2, 0.25) is 5.91 Å². The second-order valence-corrected chi connectivity index (χ2v) is 6.09. The van der Waals surface area contributed by atoms with Crippen molar-refractivity contribution in [1.29, 1.82) is 0 Å². The topological polar surface area (TPSA) is 68.9 Å². The monoisotopic (exact) mass is 330 g/mol. The van der Waals surface area contributed by atoms with Crippen LogP contribution in [0.4, 0.5) is 0 Å². The molecule has 120 valence electrons. The Bertz CT molecular complexity index is 906. The molecule has 0 aliphatic carbocycles. The van der Waals surface area contributed by atoms with Crippen molar-refractivity contribution < 1.29 is 4.79 Å². The van der Waals surface area contributed by atoms with Crippen LogP contribution in [0.2, 0.25) is 0 Å². The molecule has 0 radical (unpaired) electrons. The third kappa shape index (κ3) is 3.05. The van der Waals surface area contributed by atoms with Crippen molar-refractivity contribution in [1.82, 2.24) is 19.4 Å². The fourth-order valence-electron chi connectivity index (χ4n) is 2.59. The number of para-hydroxylation sites is 2. The molecule has 0 unspecified atom stereocenters. The maximum absolute atomic E-state index is 12.1. The van der Waals surface area contributed by atoms with Gasteiger partial charge in [-0.3, -0.25) is 14.2 Å². The summed E-state index contributed by atoms with van der Waals surface area (Å²) >= 11 is 1.11. The molecule has 1 amide bonds. The Kier molecular flexibility index (Phi) is 4.29.